The number of aliphatic hydroxyl groups is 1. The van der Waals surface area contributed by atoms with E-state index in [9.17, 15) is 18.3 Å². The molecule has 0 amide bonds. The maximum absolute atomic E-state index is 12.9. The maximum Gasteiger partial charge on any atom is 0.416 e. The summed E-state index contributed by atoms with van der Waals surface area (Å²) in [5.74, 6) is 1.71. The molecule has 2 N–H and O–H groups in total. The Morgan fingerprint density at radius 1 is 0.857 bits per heavy atom. The van der Waals surface area contributed by atoms with Crippen molar-refractivity contribution in [3.8, 4) is 17.2 Å². The predicted molar refractivity (Wildman–Crippen MR) is 128 cm³/mol. The molecular weight excluding hydrogens is 459 g/mol. The highest BCUT2D eigenvalue weighted by Gasteiger charge is 2.30. The van der Waals surface area contributed by atoms with Crippen LogP contribution in [-0.4, -0.2) is 37.5 Å². The fourth-order valence-electron chi connectivity index (χ4n) is 3.47. The summed E-state index contributed by atoms with van der Waals surface area (Å²) in [6, 6.07) is 21.2. The van der Waals surface area contributed by atoms with Crippen LogP contribution >= 0.6 is 0 Å². The lowest BCUT2D eigenvalue weighted by molar-refractivity contribution is -0.137. The molecule has 5 nitrogen and oxygen atoms in total. The van der Waals surface area contributed by atoms with Crippen LogP contribution in [0.25, 0.3) is 0 Å². The summed E-state index contributed by atoms with van der Waals surface area (Å²) in [5, 5.41) is 13.6. The van der Waals surface area contributed by atoms with E-state index < -0.39 is 17.8 Å². The molecule has 0 aliphatic rings. The van der Waals surface area contributed by atoms with Crippen LogP contribution in [0.15, 0.2) is 78.9 Å². The van der Waals surface area contributed by atoms with E-state index in [0.717, 1.165) is 23.4 Å². The SMILES string of the molecule is COc1ccc(OCC(O)CNC(C)CC(Oc2ccc(C(F)(F)F)cc2)c2ccccc2)cc1. The van der Waals surface area contributed by atoms with Gasteiger partial charge in [0, 0.05) is 19.0 Å². The molecule has 0 radical (unpaired) electrons. The van der Waals surface area contributed by atoms with Crippen LogP contribution in [0, 0.1) is 0 Å². The van der Waals surface area contributed by atoms with Gasteiger partial charge in [-0.25, -0.2) is 0 Å². The molecule has 0 bridgehead atoms. The molecule has 8 heteroatoms. The lowest BCUT2D eigenvalue weighted by Crippen LogP contribution is -2.37. The number of halogens is 3. The van der Waals surface area contributed by atoms with E-state index in [2.05, 4.69) is 5.32 Å². The van der Waals surface area contributed by atoms with E-state index in [1.807, 2.05) is 37.3 Å². The first kappa shape index (κ1) is 26.4. The Morgan fingerprint density at radius 2 is 1.46 bits per heavy atom. The Bertz CT molecular complexity index is 1010. The first-order valence-electron chi connectivity index (χ1n) is 11.3. The minimum absolute atomic E-state index is 0.0507. The molecule has 3 rings (SSSR count). The lowest BCUT2D eigenvalue weighted by Gasteiger charge is -2.25. The van der Waals surface area contributed by atoms with Gasteiger partial charge in [0.2, 0.25) is 0 Å². The number of methoxy groups -OCH3 is 1. The zero-order chi connectivity index (χ0) is 25.3. The molecule has 35 heavy (non-hydrogen) atoms. The van der Waals surface area contributed by atoms with Crippen LogP contribution in [-0.2, 0) is 6.18 Å². The van der Waals surface area contributed by atoms with Crippen LogP contribution in [0.2, 0.25) is 0 Å². The second-order valence-electron chi connectivity index (χ2n) is 8.22. The summed E-state index contributed by atoms with van der Waals surface area (Å²) in [5.41, 5.74) is 0.187. The number of alkyl halides is 3. The van der Waals surface area contributed by atoms with Crippen molar-refractivity contribution in [2.75, 3.05) is 20.3 Å². The van der Waals surface area contributed by atoms with E-state index >= 15 is 0 Å². The van der Waals surface area contributed by atoms with Gasteiger partial charge in [-0.1, -0.05) is 30.3 Å². The van der Waals surface area contributed by atoms with Crippen molar-refractivity contribution in [3.63, 3.8) is 0 Å². The summed E-state index contributed by atoms with van der Waals surface area (Å²) in [6.45, 7) is 2.39. The molecule has 3 aromatic carbocycles. The molecule has 3 aromatic rings. The largest absolute Gasteiger partial charge is 0.497 e. The average molecular weight is 490 g/mol. The van der Waals surface area contributed by atoms with Crippen molar-refractivity contribution in [2.24, 2.45) is 0 Å². The second kappa shape index (κ2) is 12.5. The van der Waals surface area contributed by atoms with Crippen LogP contribution in [0.1, 0.15) is 30.6 Å². The van der Waals surface area contributed by atoms with Crippen LogP contribution < -0.4 is 19.5 Å². The third-order valence-electron chi connectivity index (χ3n) is 5.40. The highest BCUT2D eigenvalue weighted by atomic mass is 19.4. The molecule has 0 fully saturated rings. The van der Waals surface area contributed by atoms with Crippen LogP contribution in [0.5, 0.6) is 17.2 Å². The molecule has 0 aromatic heterocycles. The van der Waals surface area contributed by atoms with Gasteiger partial charge < -0.3 is 24.6 Å². The van der Waals surface area contributed by atoms with Gasteiger partial charge in [0.1, 0.15) is 36.1 Å². The Kier molecular flexibility index (Phi) is 9.39. The number of benzene rings is 3. The quantitative estimate of drug-likeness (QED) is 0.345. The number of hydrogen-bond acceptors (Lipinski definition) is 5. The van der Waals surface area contributed by atoms with E-state index in [-0.39, 0.29) is 18.8 Å². The summed E-state index contributed by atoms with van der Waals surface area (Å²) < 4.78 is 55.4. The monoisotopic (exact) mass is 489 g/mol. The molecule has 188 valence electrons. The number of nitrogens with one attached hydrogen (secondary N) is 1. The van der Waals surface area contributed by atoms with Gasteiger partial charge >= 0.3 is 6.18 Å². The highest BCUT2D eigenvalue weighted by Crippen LogP contribution is 2.32. The molecule has 3 atom stereocenters. The van der Waals surface area contributed by atoms with E-state index in [1.165, 1.54) is 12.1 Å². The van der Waals surface area contributed by atoms with Gasteiger partial charge in [0.15, 0.2) is 0 Å². The minimum Gasteiger partial charge on any atom is -0.497 e. The smallest absolute Gasteiger partial charge is 0.416 e. The van der Waals surface area contributed by atoms with E-state index in [0.29, 0.717) is 24.5 Å². The van der Waals surface area contributed by atoms with Crippen molar-refractivity contribution in [1.82, 2.24) is 5.32 Å². The third-order valence-corrected chi connectivity index (χ3v) is 5.40. The minimum atomic E-state index is -4.40. The standard InChI is InChI=1S/C27H30F3NO4/c1-19(31-17-22(32)18-34-24-14-12-23(33-2)13-15-24)16-26(20-6-4-3-5-7-20)35-25-10-8-21(9-11-25)27(28,29)30/h3-15,19,22,26,31-32H,16-18H2,1-2H3. The van der Waals surface area contributed by atoms with Gasteiger partial charge in [-0.15, -0.1) is 0 Å². The Balaban J connectivity index is 1.54. The van der Waals surface area contributed by atoms with Crippen molar-refractivity contribution < 1.29 is 32.5 Å². The Hall–Kier alpha value is -3.23. The van der Waals surface area contributed by atoms with Crippen LogP contribution in [0.3, 0.4) is 0 Å². The van der Waals surface area contributed by atoms with Crippen molar-refractivity contribution in [3.05, 3.63) is 90.0 Å². The molecule has 0 heterocycles. The van der Waals surface area contributed by atoms with Gasteiger partial charge in [-0.3, -0.25) is 0 Å². The predicted octanol–water partition coefficient (Wildman–Crippen LogP) is 5.64. The fourth-order valence-corrected chi connectivity index (χ4v) is 3.47. The summed E-state index contributed by atoms with van der Waals surface area (Å²) in [6.07, 6.45) is -4.97. The zero-order valence-electron chi connectivity index (χ0n) is 19.7. The summed E-state index contributed by atoms with van der Waals surface area (Å²) in [7, 11) is 1.59. The van der Waals surface area contributed by atoms with Gasteiger partial charge in [0.05, 0.1) is 12.7 Å². The molecule has 0 aliphatic carbocycles. The van der Waals surface area contributed by atoms with Crippen molar-refractivity contribution >= 4 is 0 Å². The van der Waals surface area contributed by atoms with Crippen LogP contribution in [0.4, 0.5) is 13.2 Å². The van der Waals surface area contributed by atoms with Gasteiger partial charge in [0.25, 0.3) is 0 Å². The van der Waals surface area contributed by atoms with E-state index in [1.54, 1.807) is 31.4 Å². The van der Waals surface area contributed by atoms with Crippen molar-refractivity contribution in [2.45, 2.75) is 37.8 Å². The van der Waals surface area contributed by atoms with Gasteiger partial charge in [-0.2, -0.15) is 13.2 Å². The fraction of sp³-hybridized carbons (Fsp3) is 0.333. The topological polar surface area (TPSA) is 60.0 Å². The van der Waals surface area contributed by atoms with Crippen molar-refractivity contribution in [1.29, 1.82) is 0 Å². The molecule has 0 saturated heterocycles. The number of rotatable bonds is 12. The average Bonchev–Trinajstić information content (AvgIpc) is 2.86. The zero-order valence-corrected chi connectivity index (χ0v) is 19.7. The number of ether oxygens (including phenoxy) is 3. The Morgan fingerprint density at radius 3 is 2.06 bits per heavy atom. The highest BCUT2D eigenvalue weighted by molar-refractivity contribution is 5.31. The summed E-state index contributed by atoms with van der Waals surface area (Å²) >= 11 is 0. The molecule has 0 aliphatic heterocycles. The lowest BCUT2D eigenvalue weighted by atomic mass is 10.0. The van der Waals surface area contributed by atoms with Gasteiger partial charge in [-0.05, 0) is 61.0 Å². The third kappa shape index (κ3) is 8.49. The molecule has 0 spiro atoms. The normalized spacial score (nSPS) is 14.1. The maximum atomic E-state index is 12.9. The molecule has 3 unspecified atom stereocenters. The first-order valence-corrected chi connectivity index (χ1v) is 11.3. The number of aliphatic hydroxyl groups excluding tert-OH is 1. The second-order valence-corrected chi connectivity index (χ2v) is 8.22. The first-order chi connectivity index (χ1) is 16.7. The number of hydrogen-bond donors (Lipinski definition) is 2. The van der Waals surface area contributed by atoms with E-state index in [4.69, 9.17) is 14.2 Å². The molecule has 0 saturated carbocycles. The Labute approximate surface area is 203 Å². The summed E-state index contributed by atoms with van der Waals surface area (Å²) in [4.78, 5) is 0. The molecular formula is C27H30F3NO4.